The first kappa shape index (κ1) is 36.2. The van der Waals surface area contributed by atoms with Crippen molar-refractivity contribution in [2.75, 3.05) is 21.2 Å². The van der Waals surface area contributed by atoms with Crippen molar-refractivity contribution < 1.29 is 53.1 Å². The molecule has 44 heavy (non-hydrogen) atoms. The molecule has 0 aromatic rings. The summed E-state index contributed by atoms with van der Waals surface area (Å²) in [6.45, 7) is 13.7. The maximum absolute atomic E-state index is 14.0. The van der Waals surface area contributed by atoms with Crippen LogP contribution in [0, 0.1) is 23.7 Å². The van der Waals surface area contributed by atoms with Crippen molar-refractivity contribution in [3.05, 3.63) is 0 Å². The fraction of sp³-hybridized carbons (Fsp3) is 0.871. The molecule has 3 saturated heterocycles. The van der Waals surface area contributed by atoms with Gasteiger partial charge in [0.05, 0.1) is 23.5 Å². The summed E-state index contributed by atoms with van der Waals surface area (Å²) in [6.07, 6.45) is -5.21. The molecule has 13 nitrogen and oxygen atoms in total. The van der Waals surface area contributed by atoms with E-state index in [1.807, 2.05) is 32.8 Å². The van der Waals surface area contributed by atoms with Crippen LogP contribution < -0.4 is 0 Å². The number of nitrogens with zero attached hydrogens (tertiary/aromatic N) is 2. The highest BCUT2D eigenvalue weighted by molar-refractivity contribution is 6.00. The summed E-state index contributed by atoms with van der Waals surface area (Å²) >= 11 is 0. The minimum atomic E-state index is -1.42. The molecule has 0 radical (unpaired) electrons. The summed E-state index contributed by atoms with van der Waals surface area (Å²) in [5.41, 5.74) is -2.34. The number of cyclic esters (lactones) is 1. The van der Waals surface area contributed by atoms with Crippen LogP contribution in [-0.2, 0) is 38.0 Å². The molecule has 3 aliphatic rings. The van der Waals surface area contributed by atoms with Gasteiger partial charge in [0.2, 0.25) is 0 Å². The van der Waals surface area contributed by atoms with Crippen molar-refractivity contribution in [2.24, 2.45) is 28.8 Å². The summed E-state index contributed by atoms with van der Waals surface area (Å²) < 4.78 is 35.7. The molecular weight excluding hydrogens is 576 g/mol. The lowest BCUT2D eigenvalue weighted by Gasteiger charge is -2.47. The van der Waals surface area contributed by atoms with Crippen LogP contribution >= 0.6 is 0 Å². The zero-order valence-corrected chi connectivity index (χ0v) is 27.9. The number of hydrogen-bond donors (Lipinski definition) is 2. The van der Waals surface area contributed by atoms with E-state index in [0.29, 0.717) is 12.1 Å². The number of aliphatic hydroxyl groups is 1. The largest absolute Gasteiger partial charge is 0.509 e. The topological polar surface area (TPSA) is 163 Å². The summed E-state index contributed by atoms with van der Waals surface area (Å²) in [6, 6.07) is -0.263. The Hall–Kier alpha value is -2.32. The molecule has 252 valence electrons. The predicted molar refractivity (Wildman–Crippen MR) is 158 cm³/mol. The molecule has 3 fully saturated rings. The lowest BCUT2D eigenvalue weighted by Crippen LogP contribution is -2.59. The van der Waals surface area contributed by atoms with E-state index >= 15 is 0 Å². The second-order valence-electron chi connectivity index (χ2n) is 13.4. The molecule has 0 saturated carbocycles. The molecule has 0 bridgehead atoms. The average molecular weight is 629 g/mol. The normalized spacial score (nSPS) is 45.3. The number of methoxy groups -OCH3 is 1. The van der Waals surface area contributed by atoms with Crippen LogP contribution in [0.2, 0.25) is 0 Å². The first-order valence-corrected chi connectivity index (χ1v) is 15.5. The Bertz CT molecular complexity index is 1080. The summed E-state index contributed by atoms with van der Waals surface area (Å²) in [7, 11) is 5.21. The van der Waals surface area contributed by atoms with Crippen LogP contribution in [0.25, 0.3) is 0 Å². The van der Waals surface area contributed by atoms with Gasteiger partial charge in [-0.2, -0.15) is 0 Å². The Labute approximate surface area is 260 Å². The van der Waals surface area contributed by atoms with E-state index in [1.165, 1.54) is 14.0 Å². The molecule has 2 N–H and O–H groups in total. The van der Waals surface area contributed by atoms with Crippen molar-refractivity contribution in [1.82, 2.24) is 4.90 Å². The number of ketones is 1. The Morgan fingerprint density at radius 3 is 2.23 bits per heavy atom. The quantitative estimate of drug-likeness (QED) is 0.198. The van der Waals surface area contributed by atoms with Crippen LogP contribution in [0.1, 0.15) is 74.7 Å². The smallest absolute Gasteiger partial charge is 0.457 e. The lowest BCUT2D eigenvalue weighted by atomic mass is 9.74. The molecular formula is C31H52N2O11. The summed E-state index contributed by atoms with van der Waals surface area (Å²) in [4.78, 5) is 41.8. The lowest BCUT2D eigenvalue weighted by molar-refractivity contribution is -0.295. The fourth-order valence-corrected chi connectivity index (χ4v) is 7.25. The summed E-state index contributed by atoms with van der Waals surface area (Å²) in [5, 5.41) is 25.2. The number of ether oxygens (including phenoxy) is 6. The van der Waals surface area contributed by atoms with Crippen molar-refractivity contribution in [3.8, 4) is 0 Å². The van der Waals surface area contributed by atoms with Crippen molar-refractivity contribution in [2.45, 2.75) is 129 Å². The van der Waals surface area contributed by atoms with E-state index in [4.69, 9.17) is 28.4 Å². The van der Waals surface area contributed by atoms with Gasteiger partial charge in [0.25, 0.3) is 0 Å². The molecule has 0 aliphatic carbocycles. The Morgan fingerprint density at radius 2 is 1.68 bits per heavy atom. The molecule has 0 aromatic heterocycles. The Balaban J connectivity index is 2.12. The summed E-state index contributed by atoms with van der Waals surface area (Å²) in [5.74, 6) is -4.53. The van der Waals surface area contributed by atoms with Gasteiger partial charge >= 0.3 is 12.1 Å². The third kappa shape index (κ3) is 6.91. The number of Topliss-reactive ketones (excluding diaryl/α,β-unsaturated/α-hetero) is 1. The number of esters is 1. The van der Waals surface area contributed by atoms with Gasteiger partial charge in [-0.05, 0) is 61.1 Å². The number of oxime groups is 1. The molecule has 3 rings (SSSR count). The van der Waals surface area contributed by atoms with E-state index in [2.05, 4.69) is 5.16 Å². The minimum Gasteiger partial charge on any atom is -0.457 e. The molecule has 0 amide bonds. The van der Waals surface area contributed by atoms with Gasteiger partial charge in [0, 0.05) is 30.9 Å². The Kier molecular flexibility index (Phi) is 11.5. The molecule has 3 heterocycles. The maximum Gasteiger partial charge on any atom is 0.509 e. The van der Waals surface area contributed by atoms with E-state index in [9.17, 15) is 24.7 Å². The monoisotopic (exact) mass is 628 g/mol. The number of hydrogen-bond acceptors (Lipinski definition) is 13. The first-order chi connectivity index (χ1) is 20.4. The predicted octanol–water partition coefficient (Wildman–Crippen LogP) is 3.17. The molecule has 13 atom stereocenters. The average Bonchev–Trinajstić information content (AvgIpc) is 3.28. The standard InChI is InChI=1S/C31H52N2O11/c1-12-21-31(8)26(43-29(37)44-31)17(4)22(32-38)15(2)14-30(7,39-11)25(18(5)23(34)19(6)27(36)41-21)42-28-24(35)20(33(9)10)13-16(3)40-28/h15-21,24-26,28,35,38H,12-14H2,1-11H3/b32-22+/t15-,16-,17+,18+,19-,20+,21-,24-,25-,26-,28+,30-,31-/m1/s1. The number of fused-ring (bicyclic) bond motifs is 1. The molecule has 0 unspecified atom stereocenters. The zero-order chi connectivity index (χ0) is 33.3. The Morgan fingerprint density at radius 1 is 1.05 bits per heavy atom. The van der Waals surface area contributed by atoms with Crippen LogP contribution in [0.3, 0.4) is 0 Å². The zero-order valence-electron chi connectivity index (χ0n) is 27.9. The molecule has 0 spiro atoms. The molecule has 3 aliphatic heterocycles. The third-order valence-electron chi connectivity index (χ3n) is 9.92. The highest BCUT2D eigenvalue weighted by atomic mass is 16.8. The van der Waals surface area contributed by atoms with Crippen molar-refractivity contribution in [1.29, 1.82) is 0 Å². The number of rotatable bonds is 5. The number of carbonyl (C=O) groups is 3. The van der Waals surface area contributed by atoms with E-state index in [-0.39, 0.29) is 25.0 Å². The highest BCUT2D eigenvalue weighted by Crippen LogP contribution is 2.42. The van der Waals surface area contributed by atoms with Crippen molar-refractivity contribution in [3.63, 3.8) is 0 Å². The van der Waals surface area contributed by atoms with Crippen molar-refractivity contribution >= 4 is 23.6 Å². The molecule has 13 heteroatoms. The molecule has 0 aromatic carbocycles. The number of likely N-dealkylation sites (N-methyl/N-ethyl adjacent to an activating group) is 1. The van der Waals surface area contributed by atoms with Gasteiger partial charge in [0.1, 0.15) is 18.1 Å². The first-order valence-electron chi connectivity index (χ1n) is 15.5. The van der Waals surface area contributed by atoms with E-state index in [0.717, 1.165) is 0 Å². The number of carbonyl (C=O) groups excluding carboxylic acids is 3. The van der Waals surface area contributed by atoms with Gasteiger partial charge in [-0.1, -0.05) is 32.9 Å². The number of aliphatic hydroxyl groups excluding tert-OH is 1. The van der Waals surface area contributed by atoms with Gasteiger partial charge in [-0.25, -0.2) is 4.79 Å². The van der Waals surface area contributed by atoms with E-state index in [1.54, 1.807) is 34.6 Å². The van der Waals surface area contributed by atoms with Crippen LogP contribution in [0.4, 0.5) is 4.79 Å². The van der Waals surface area contributed by atoms with Gasteiger partial charge in [-0.3, -0.25) is 9.59 Å². The van der Waals surface area contributed by atoms with Crippen LogP contribution in [0.15, 0.2) is 5.16 Å². The van der Waals surface area contributed by atoms with Crippen LogP contribution in [-0.4, -0.2) is 114 Å². The second kappa shape index (κ2) is 14.0. The highest BCUT2D eigenvalue weighted by Gasteiger charge is 2.58. The minimum absolute atomic E-state index is 0.194. The van der Waals surface area contributed by atoms with Gasteiger partial charge in [-0.15, -0.1) is 0 Å². The third-order valence-corrected chi connectivity index (χ3v) is 9.92. The maximum atomic E-state index is 14.0. The van der Waals surface area contributed by atoms with Gasteiger partial charge < -0.3 is 43.6 Å². The SMILES string of the molecule is CC[C@H]1OC(=O)[C@H](C)C(=O)[C@H](C)[C@@H](O[C@@H]2O[C@H](C)C[C@H](N(C)C)[C@H]2O)[C@](C)(OC)C[C@@H](C)/C(=N\O)[C@H](C)[C@H]2OC(=O)O[C@@]21C. The van der Waals surface area contributed by atoms with Crippen LogP contribution in [0.5, 0.6) is 0 Å². The van der Waals surface area contributed by atoms with E-state index < -0.39 is 83.5 Å². The van der Waals surface area contributed by atoms with Gasteiger partial charge in [0.15, 0.2) is 23.8 Å². The fourth-order valence-electron chi connectivity index (χ4n) is 7.25. The second-order valence-corrected chi connectivity index (χ2v) is 13.4.